The van der Waals surface area contributed by atoms with Crippen LogP contribution in [0.1, 0.15) is 22.5 Å². The molecular weight excluding hydrogens is 196 g/mol. The van der Waals surface area contributed by atoms with Crippen molar-refractivity contribution in [2.45, 2.75) is 13.3 Å². The van der Waals surface area contributed by atoms with Crippen molar-refractivity contribution in [3.8, 4) is 0 Å². The Kier molecular flexibility index (Phi) is 4.05. The molecule has 0 saturated heterocycles. The Morgan fingerprint density at radius 3 is 2.87 bits per heavy atom. The summed E-state index contributed by atoms with van der Waals surface area (Å²) in [6.07, 6.45) is 0.508. The van der Waals surface area contributed by atoms with Crippen molar-refractivity contribution in [1.82, 2.24) is 10.3 Å². The van der Waals surface area contributed by atoms with Crippen molar-refractivity contribution in [2.75, 3.05) is 13.2 Å². The van der Waals surface area contributed by atoms with Crippen molar-refractivity contribution in [2.24, 2.45) is 0 Å². The Morgan fingerprint density at radius 1 is 1.53 bits per heavy atom. The van der Waals surface area contributed by atoms with Crippen LogP contribution in [0, 0.1) is 6.92 Å². The molecule has 0 spiro atoms. The number of aromatic amines is 1. The summed E-state index contributed by atoms with van der Waals surface area (Å²) < 4.78 is 0. The van der Waals surface area contributed by atoms with E-state index in [1.165, 1.54) is 6.07 Å². The third-order valence-corrected chi connectivity index (χ3v) is 1.86. The average Bonchev–Trinajstić information content (AvgIpc) is 2.16. The van der Waals surface area contributed by atoms with Gasteiger partial charge >= 0.3 is 0 Å². The van der Waals surface area contributed by atoms with Gasteiger partial charge in [-0.05, 0) is 19.4 Å². The van der Waals surface area contributed by atoms with E-state index < -0.39 is 0 Å². The number of carbonyl (C=O) groups is 1. The first kappa shape index (κ1) is 11.5. The third-order valence-electron chi connectivity index (χ3n) is 1.86. The molecule has 0 aliphatic heterocycles. The zero-order valence-electron chi connectivity index (χ0n) is 8.54. The van der Waals surface area contributed by atoms with E-state index in [4.69, 9.17) is 5.11 Å². The fraction of sp³-hybridized carbons (Fsp3) is 0.400. The smallest absolute Gasteiger partial charge is 0.251 e. The van der Waals surface area contributed by atoms with Gasteiger partial charge in [0, 0.05) is 30.5 Å². The molecule has 5 nitrogen and oxygen atoms in total. The highest BCUT2D eigenvalue weighted by Crippen LogP contribution is 1.97. The lowest BCUT2D eigenvalue weighted by Crippen LogP contribution is -2.26. The normalized spacial score (nSPS) is 10.0. The van der Waals surface area contributed by atoms with E-state index in [1.54, 1.807) is 13.0 Å². The van der Waals surface area contributed by atoms with Gasteiger partial charge < -0.3 is 15.4 Å². The monoisotopic (exact) mass is 210 g/mol. The molecule has 0 fully saturated rings. The number of rotatable bonds is 4. The minimum atomic E-state index is -0.294. The van der Waals surface area contributed by atoms with Crippen molar-refractivity contribution in [1.29, 1.82) is 0 Å². The van der Waals surface area contributed by atoms with Crippen LogP contribution in [-0.2, 0) is 0 Å². The molecule has 15 heavy (non-hydrogen) atoms. The predicted octanol–water partition coefficient (Wildman–Crippen LogP) is -0.204. The van der Waals surface area contributed by atoms with Crippen molar-refractivity contribution in [3.05, 3.63) is 33.7 Å². The SMILES string of the molecule is Cc1cc(C(=O)NCCCO)cc(=O)[nH]1. The van der Waals surface area contributed by atoms with Gasteiger partial charge in [-0.25, -0.2) is 0 Å². The highest BCUT2D eigenvalue weighted by molar-refractivity contribution is 5.94. The Balaban J connectivity index is 2.69. The second-order valence-electron chi connectivity index (χ2n) is 3.25. The molecule has 0 unspecified atom stereocenters. The molecule has 1 amide bonds. The molecule has 1 rings (SSSR count). The molecule has 1 aromatic rings. The van der Waals surface area contributed by atoms with E-state index in [2.05, 4.69) is 10.3 Å². The average molecular weight is 210 g/mol. The molecule has 3 N–H and O–H groups in total. The van der Waals surface area contributed by atoms with Crippen LogP contribution in [0.5, 0.6) is 0 Å². The zero-order chi connectivity index (χ0) is 11.3. The molecule has 0 bridgehead atoms. The second-order valence-corrected chi connectivity index (χ2v) is 3.25. The number of pyridine rings is 1. The summed E-state index contributed by atoms with van der Waals surface area (Å²) >= 11 is 0. The number of hydrogen-bond acceptors (Lipinski definition) is 3. The molecule has 1 heterocycles. The van der Waals surface area contributed by atoms with Gasteiger partial charge in [0.2, 0.25) is 5.56 Å². The minimum Gasteiger partial charge on any atom is -0.396 e. The molecule has 0 aromatic carbocycles. The lowest BCUT2D eigenvalue weighted by atomic mass is 10.2. The summed E-state index contributed by atoms with van der Waals surface area (Å²) in [7, 11) is 0. The van der Waals surface area contributed by atoms with Crippen LogP contribution in [0.15, 0.2) is 16.9 Å². The van der Waals surface area contributed by atoms with Crippen LogP contribution in [0.4, 0.5) is 0 Å². The number of amides is 1. The number of carbonyl (C=O) groups excluding carboxylic acids is 1. The summed E-state index contributed by atoms with van der Waals surface area (Å²) in [5.74, 6) is -0.294. The standard InChI is InChI=1S/C10H14N2O3/c1-7-5-8(6-9(14)12-7)10(15)11-3-2-4-13/h5-6,13H,2-4H2,1H3,(H,11,15)(H,12,14). The van der Waals surface area contributed by atoms with Gasteiger partial charge in [-0.3, -0.25) is 9.59 Å². The highest BCUT2D eigenvalue weighted by atomic mass is 16.3. The molecule has 0 saturated carbocycles. The summed E-state index contributed by atoms with van der Waals surface area (Å²) in [5.41, 5.74) is 0.700. The van der Waals surface area contributed by atoms with Crippen LogP contribution in [0.25, 0.3) is 0 Å². The minimum absolute atomic E-state index is 0.0364. The first-order valence-corrected chi connectivity index (χ1v) is 4.73. The Morgan fingerprint density at radius 2 is 2.27 bits per heavy atom. The van der Waals surface area contributed by atoms with Crippen LogP contribution < -0.4 is 10.9 Å². The number of H-pyrrole nitrogens is 1. The van der Waals surface area contributed by atoms with Gasteiger partial charge in [0.1, 0.15) is 0 Å². The first-order chi connectivity index (χ1) is 7.13. The van der Waals surface area contributed by atoms with Gasteiger partial charge in [-0.2, -0.15) is 0 Å². The van der Waals surface area contributed by atoms with Crippen molar-refractivity contribution in [3.63, 3.8) is 0 Å². The van der Waals surface area contributed by atoms with E-state index in [9.17, 15) is 9.59 Å². The highest BCUT2D eigenvalue weighted by Gasteiger charge is 2.05. The molecule has 5 heteroatoms. The fourth-order valence-electron chi connectivity index (χ4n) is 1.20. The Bertz CT molecular complexity index is 398. The van der Waals surface area contributed by atoms with Gasteiger partial charge in [-0.15, -0.1) is 0 Å². The lowest BCUT2D eigenvalue weighted by Gasteiger charge is -2.04. The second kappa shape index (κ2) is 5.31. The molecule has 0 atom stereocenters. The van der Waals surface area contributed by atoms with Gasteiger partial charge in [0.05, 0.1) is 0 Å². The van der Waals surface area contributed by atoms with E-state index in [-0.39, 0.29) is 18.1 Å². The van der Waals surface area contributed by atoms with Crippen LogP contribution in [0.2, 0.25) is 0 Å². The maximum Gasteiger partial charge on any atom is 0.251 e. The number of nitrogens with one attached hydrogen (secondary N) is 2. The topological polar surface area (TPSA) is 82.2 Å². The fourth-order valence-corrected chi connectivity index (χ4v) is 1.20. The van der Waals surface area contributed by atoms with E-state index in [1.807, 2.05) is 0 Å². The largest absolute Gasteiger partial charge is 0.396 e. The number of hydrogen-bond donors (Lipinski definition) is 3. The summed E-state index contributed by atoms with van der Waals surface area (Å²) in [6.45, 7) is 2.15. The molecule has 82 valence electrons. The van der Waals surface area contributed by atoms with Crippen LogP contribution in [-0.4, -0.2) is 29.1 Å². The Hall–Kier alpha value is -1.62. The summed E-state index contributed by atoms with van der Waals surface area (Å²) in [6, 6.07) is 2.86. The molecule has 1 aromatic heterocycles. The third kappa shape index (κ3) is 3.55. The maximum atomic E-state index is 11.5. The van der Waals surface area contributed by atoms with E-state index in [0.29, 0.717) is 24.2 Å². The number of aromatic nitrogens is 1. The summed E-state index contributed by atoms with van der Waals surface area (Å²) in [5, 5.41) is 11.1. The zero-order valence-corrected chi connectivity index (χ0v) is 8.54. The van der Waals surface area contributed by atoms with Crippen molar-refractivity contribution < 1.29 is 9.90 Å². The van der Waals surface area contributed by atoms with Gasteiger partial charge in [0.15, 0.2) is 0 Å². The van der Waals surface area contributed by atoms with Gasteiger partial charge in [-0.1, -0.05) is 0 Å². The first-order valence-electron chi connectivity index (χ1n) is 4.73. The van der Waals surface area contributed by atoms with E-state index >= 15 is 0 Å². The quantitative estimate of drug-likeness (QED) is 0.602. The number of aliphatic hydroxyl groups excluding tert-OH is 1. The van der Waals surface area contributed by atoms with Crippen LogP contribution in [0.3, 0.4) is 0 Å². The maximum absolute atomic E-state index is 11.5. The number of aliphatic hydroxyl groups is 1. The van der Waals surface area contributed by atoms with Crippen LogP contribution >= 0.6 is 0 Å². The van der Waals surface area contributed by atoms with Crippen molar-refractivity contribution >= 4 is 5.91 Å². The number of aryl methyl sites for hydroxylation is 1. The molecule has 0 radical (unpaired) electrons. The summed E-state index contributed by atoms with van der Waals surface area (Å²) in [4.78, 5) is 25.1. The predicted molar refractivity (Wildman–Crippen MR) is 55.8 cm³/mol. The van der Waals surface area contributed by atoms with E-state index in [0.717, 1.165) is 0 Å². The van der Waals surface area contributed by atoms with Gasteiger partial charge in [0.25, 0.3) is 5.91 Å². The lowest BCUT2D eigenvalue weighted by molar-refractivity contribution is 0.0951. The molecular formula is C10H14N2O3. The molecule has 0 aliphatic rings. The Labute approximate surface area is 87.1 Å². The molecule has 0 aliphatic carbocycles.